The first-order valence-corrected chi connectivity index (χ1v) is 18.6. The predicted octanol–water partition coefficient (Wildman–Crippen LogP) is 5.59. The van der Waals surface area contributed by atoms with Crippen molar-refractivity contribution in [1.82, 2.24) is 25.9 Å². The van der Waals surface area contributed by atoms with Crippen LogP contribution in [0.25, 0.3) is 16.0 Å². The highest BCUT2D eigenvalue weighted by Gasteiger charge is 2.31. The van der Waals surface area contributed by atoms with Gasteiger partial charge in [0.1, 0.15) is 19.3 Å². The number of hydrogen-bond donors (Lipinski definition) is 4. The lowest BCUT2D eigenvalue weighted by Gasteiger charge is -2.37. The lowest BCUT2D eigenvalue weighted by Crippen LogP contribution is -2.43. The van der Waals surface area contributed by atoms with E-state index in [1.54, 1.807) is 0 Å². The molecule has 2 aromatic carbocycles. The zero-order chi connectivity index (χ0) is 37.0. The average molecular weight is 713 g/mol. The number of nitrogens with one attached hydrogen (secondary N) is 4. The number of amides is 3. The number of fused-ring (bicyclic) bond motifs is 3. The molecule has 0 radical (unpaired) electrons. The van der Waals surface area contributed by atoms with Gasteiger partial charge in [-0.1, -0.05) is 55.4 Å². The van der Waals surface area contributed by atoms with Gasteiger partial charge in [0.2, 0.25) is 18.4 Å². The fraction of sp³-hybridized carbons (Fsp3) is 0.568. The van der Waals surface area contributed by atoms with Crippen LogP contribution in [0.3, 0.4) is 0 Å². The molecule has 12 nitrogen and oxygen atoms in total. The van der Waals surface area contributed by atoms with Crippen LogP contribution in [0.4, 0.5) is 4.79 Å². The SMILES string of the molecule is [3H]CCNCCCC(=O)NCC(CNC(=O)CCCNC(=O)OCC1c2ccccc2-c2ccccc21)OP(OCC[N+]#[C-])N(C(C)C)C(C)C. The van der Waals surface area contributed by atoms with Crippen molar-refractivity contribution in [3.8, 4) is 11.1 Å². The van der Waals surface area contributed by atoms with Gasteiger partial charge in [0, 0.05) is 51.8 Å². The fourth-order valence-electron chi connectivity index (χ4n) is 5.78. The molecule has 0 saturated heterocycles. The Morgan fingerprint density at radius 3 is 2.04 bits per heavy atom. The summed E-state index contributed by atoms with van der Waals surface area (Å²) in [6.45, 7) is 18.0. The summed E-state index contributed by atoms with van der Waals surface area (Å²) in [5.74, 6) is -0.380. The third-order valence-corrected chi connectivity index (χ3v) is 10.3. The van der Waals surface area contributed by atoms with E-state index in [0.717, 1.165) is 22.3 Å². The molecule has 0 bridgehead atoms. The lowest BCUT2D eigenvalue weighted by molar-refractivity contribution is -0.121. The first-order valence-electron chi connectivity index (χ1n) is 18.2. The number of ether oxygens (including phenoxy) is 1. The Kier molecular flexibility index (Phi) is 17.5. The molecular formula is C37H55N6O6P. The van der Waals surface area contributed by atoms with Crippen molar-refractivity contribution in [2.45, 2.75) is 84.4 Å². The second kappa shape index (κ2) is 22.3. The molecule has 2 unspecified atom stereocenters. The molecule has 1 aliphatic rings. The van der Waals surface area contributed by atoms with E-state index < -0.39 is 20.7 Å². The molecule has 4 N–H and O–H groups in total. The Morgan fingerprint density at radius 1 is 0.900 bits per heavy atom. The van der Waals surface area contributed by atoms with Crippen molar-refractivity contribution in [2.24, 2.45) is 0 Å². The molecule has 0 aromatic heterocycles. The standard InChI is InChI=1S/C37H55N6O6P/c1-7-39-20-12-18-35(44)41-24-29(49-50(48-23-22-38-6)43(27(2)3)28(4)5)25-42-36(45)19-13-21-40-37(46)47-26-34-32-16-10-8-14-30(32)31-15-9-11-17-33(31)34/h8-11,14-17,27-29,34,39H,7,12-13,18-26H2,1-5H3,(H,40,46)(H,41,44)(H,42,45)/i1T. The van der Waals surface area contributed by atoms with Gasteiger partial charge >= 0.3 is 6.09 Å². The van der Waals surface area contributed by atoms with Crippen molar-refractivity contribution in [3.05, 3.63) is 71.1 Å². The molecule has 0 heterocycles. The third kappa shape index (κ3) is 13.3. The molecule has 50 heavy (non-hydrogen) atoms. The summed E-state index contributed by atoms with van der Waals surface area (Å²) in [4.78, 5) is 41.4. The van der Waals surface area contributed by atoms with Crippen molar-refractivity contribution >= 4 is 26.4 Å². The van der Waals surface area contributed by atoms with E-state index in [1.165, 1.54) is 0 Å². The van der Waals surface area contributed by atoms with E-state index in [1.807, 2.05) is 52.0 Å². The van der Waals surface area contributed by atoms with Crippen molar-refractivity contribution in [2.75, 3.05) is 52.5 Å². The van der Waals surface area contributed by atoms with E-state index >= 15 is 0 Å². The van der Waals surface area contributed by atoms with Crippen LogP contribution < -0.4 is 21.3 Å². The van der Waals surface area contributed by atoms with Gasteiger partial charge in [0.05, 0.1) is 0 Å². The average Bonchev–Trinajstić information content (AvgIpc) is 3.43. The van der Waals surface area contributed by atoms with Gasteiger partial charge in [0.15, 0.2) is 0 Å². The molecule has 1 aliphatic carbocycles. The monoisotopic (exact) mass is 712 g/mol. The summed E-state index contributed by atoms with van der Waals surface area (Å²) in [6, 6.07) is 16.5. The van der Waals surface area contributed by atoms with Gasteiger partial charge in [-0.05, 0) is 75.9 Å². The van der Waals surface area contributed by atoms with Crippen LogP contribution in [0.5, 0.6) is 0 Å². The van der Waals surface area contributed by atoms with E-state index in [-0.39, 0.29) is 82.5 Å². The lowest BCUT2D eigenvalue weighted by atomic mass is 9.98. The second-order valence-corrected chi connectivity index (χ2v) is 14.0. The summed E-state index contributed by atoms with van der Waals surface area (Å²) >= 11 is 0. The number of hydrogen-bond acceptors (Lipinski definition) is 8. The van der Waals surface area contributed by atoms with Gasteiger partial charge in [-0.15, -0.1) is 0 Å². The molecule has 3 amide bonds. The number of nitrogens with zero attached hydrogens (tertiary/aromatic N) is 2. The molecule has 0 spiro atoms. The normalized spacial score (nSPS) is 13.7. The van der Waals surface area contributed by atoms with Crippen LogP contribution in [0.15, 0.2) is 48.5 Å². The maximum Gasteiger partial charge on any atom is 0.407 e. The van der Waals surface area contributed by atoms with Crippen LogP contribution in [0, 0.1) is 6.57 Å². The zero-order valence-electron chi connectivity index (χ0n) is 30.9. The molecule has 0 saturated carbocycles. The molecule has 0 fully saturated rings. The Bertz CT molecular complexity index is 1370. The third-order valence-electron chi connectivity index (χ3n) is 8.07. The molecule has 13 heteroatoms. The van der Waals surface area contributed by atoms with Gasteiger partial charge < -0.3 is 39.9 Å². The number of rotatable bonds is 23. The van der Waals surface area contributed by atoms with Crippen LogP contribution in [-0.4, -0.2) is 93.2 Å². The number of alkyl carbamates (subject to hydrolysis) is 1. The predicted molar refractivity (Wildman–Crippen MR) is 197 cm³/mol. The Morgan fingerprint density at radius 2 is 1.48 bits per heavy atom. The topological polar surface area (TPSA) is 135 Å². The zero-order valence-corrected chi connectivity index (χ0v) is 30.8. The van der Waals surface area contributed by atoms with Crippen LogP contribution >= 0.6 is 8.53 Å². The summed E-state index contributed by atoms with van der Waals surface area (Å²) in [5, 5.41) is 11.7. The highest BCUT2D eigenvalue weighted by atomic mass is 31.2. The highest BCUT2D eigenvalue weighted by molar-refractivity contribution is 7.44. The number of carbonyl (C=O) groups excluding carboxylic acids is 3. The molecule has 274 valence electrons. The van der Waals surface area contributed by atoms with Crippen molar-refractivity contribution < 1.29 is 29.5 Å². The van der Waals surface area contributed by atoms with E-state index in [0.29, 0.717) is 32.4 Å². The highest BCUT2D eigenvalue weighted by Crippen LogP contribution is 2.47. The summed E-state index contributed by atoms with van der Waals surface area (Å²) in [6.07, 6.45) is 0.430. The van der Waals surface area contributed by atoms with Crippen LogP contribution in [0.2, 0.25) is 0 Å². The smallest absolute Gasteiger partial charge is 0.407 e. The Hall–Kier alpha value is -3.59. The number of benzene rings is 2. The molecule has 2 aromatic rings. The van der Waals surface area contributed by atoms with E-state index in [4.69, 9.17) is 21.7 Å². The summed E-state index contributed by atoms with van der Waals surface area (Å²) < 4.78 is 27.4. The Balaban J connectivity index is 1.48. The van der Waals surface area contributed by atoms with Gasteiger partial charge in [0.25, 0.3) is 8.53 Å². The Labute approximate surface area is 300 Å². The number of carbonyl (C=O) groups is 3. The second-order valence-electron chi connectivity index (χ2n) is 12.6. The van der Waals surface area contributed by atoms with E-state index in [9.17, 15) is 14.4 Å². The first-order chi connectivity index (χ1) is 24.7. The van der Waals surface area contributed by atoms with Crippen molar-refractivity contribution in [1.29, 1.82) is 0 Å². The summed E-state index contributed by atoms with van der Waals surface area (Å²) in [7, 11) is -1.59. The minimum absolute atomic E-state index is 0.0303. The molecular weight excluding hydrogens is 655 g/mol. The minimum Gasteiger partial charge on any atom is -0.449 e. The maximum absolute atomic E-state index is 12.9. The largest absolute Gasteiger partial charge is 0.449 e. The van der Waals surface area contributed by atoms with Gasteiger partial charge in [-0.25, -0.2) is 16.0 Å². The molecule has 3 rings (SSSR count). The molecule has 2 atom stereocenters. The maximum atomic E-state index is 12.9. The van der Waals surface area contributed by atoms with Crippen LogP contribution in [0.1, 0.15) is 78.7 Å². The van der Waals surface area contributed by atoms with E-state index in [2.05, 4.69) is 55.0 Å². The van der Waals surface area contributed by atoms with Crippen LogP contribution in [-0.2, 0) is 23.4 Å². The van der Waals surface area contributed by atoms with Gasteiger partial charge in [-0.2, -0.15) is 0 Å². The quantitative estimate of drug-likeness (QED) is 0.0666. The molecule has 0 aliphatic heterocycles. The minimum atomic E-state index is -1.59. The fourth-order valence-corrected chi connectivity index (χ4v) is 7.48. The summed E-state index contributed by atoms with van der Waals surface area (Å²) in [5.41, 5.74) is 4.60. The van der Waals surface area contributed by atoms with Crippen molar-refractivity contribution in [3.63, 3.8) is 0 Å². The first kappa shape index (κ1) is 39.2. The van der Waals surface area contributed by atoms with Gasteiger partial charge in [-0.3, -0.25) is 9.59 Å².